The molecule has 2 rings (SSSR count). The Morgan fingerprint density at radius 2 is 2.11 bits per heavy atom. The first kappa shape index (κ1) is 13.6. The number of nitrogen functional groups attached to an aromatic ring is 1. The Kier molecular flexibility index (Phi) is 4.80. The van der Waals surface area contributed by atoms with Crippen LogP contribution in [0.3, 0.4) is 0 Å². The van der Waals surface area contributed by atoms with Gasteiger partial charge in [-0.1, -0.05) is 30.9 Å². The lowest BCUT2D eigenvalue weighted by atomic mass is 9.94. The van der Waals surface area contributed by atoms with E-state index in [0.717, 1.165) is 12.2 Å². The number of pyridine rings is 1. The van der Waals surface area contributed by atoms with E-state index in [1.807, 2.05) is 6.07 Å². The quantitative estimate of drug-likeness (QED) is 0.651. The molecule has 1 fully saturated rings. The maximum Gasteiger partial charge on any atom is 0.140 e. The molecule has 0 amide bonds. The fraction of sp³-hybridized carbons (Fsp3) is 0.615. The topological polar surface area (TPSA) is 54.2 Å². The Morgan fingerprint density at radius 3 is 2.78 bits per heavy atom. The molecule has 100 valence electrons. The number of nitrogens with one attached hydrogen (secondary N) is 1. The molecule has 0 spiro atoms. The predicted molar refractivity (Wildman–Crippen MR) is 75.4 cm³/mol. The second-order valence-electron chi connectivity index (χ2n) is 4.98. The molecule has 1 aromatic rings. The Labute approximate surface area is 113 Å². The summed E-state index contributed by atoms with van der Waals surface area (Å²) in [5.74, 6) is 6.03. The smallest absolute Gasteiger partial charge is 0.140 e. The average Bonchev–Trinajstić information content (AvgIpc) is 2.42. The van der Waals surface area contributed by atoms with E-state index in [1.165, 1.54) is 32.1 Å². The van der Waals surface area contributed by atoms with Crippen LogP contribution in [0.5, 0.6) is 0 Å². The molecular weight excluding hydrogens is 248 g/mol. The lowest BCUT2D eigenvalue weighted by Gasteiger charge is -2.31. The van der Waals surface area contributed by atoms with Gasteiger partial charge in [0, 0.05) is 12.6 Å². The summed E-state index contributed by atoms with van der Waals surface area (Å²) in [5, 5.41) is 0.705. The van der Waals surface area contributed by atoms with Crippen LogP contribution in [0.4, 0.5) is 5.82 Å². The summed E-state index contributed by atoms with van der Waals surface area (Å²) in [6, 6.07) is 4.28. The van der Waals surface area contributed by atoms with Crippen LogP contribution in [0.1, 0.15) is 37.8 Å². The maximum atomic E-state index is 6.18. The standard InChI is InChI=1S/C13H21ClN4/c1-18(10-5-3-2-4-6-10)9-12-11(14)7-8-13(16-12)17-15/h7-8,10H,2-6,9,15H2,1H3,(H,16,17). The molecule has 0 saturated heterocycles. The average molecular weight is 269 g/mol. The molecule has 4 nitrogen and oxygen atoms in total. The summed E-state index contributed by atoms with van der Waals surface area (Å²) >= 11 is 6.18. The van der Waals surface area contributed by atoms with Crippen LogP contribution in [0.2, 0.25) is 5.02 Å². The Balaban J connectivity index is 2.03. The van der Waals surface area contributed by atoms with Crippen LogP contribution in [-0.2, 0) is 6.54 Å². The summed E-state index contributed by atoms with van der Waals surface area (Å²) in [6.07, 6.45) is 6.60. The predicted octanol–water partition coefficient (Wildman–Crippen LogP) is 2.79. The second-order valence-corrected chi connectivity index (χ2v) is 5.38. The van der Waals surface area contributed by atoms with Crippen LogP contribution in [-0.4, -0.2) is 23.0 Å². The third-order valence-corrected chi connectivity index (χ3v) is 4.01. The number of nitrogens with zero attached hydrogens (tertiary/aromatic N) is 2. The van der Waals surface area contributed by atoms with Crippen molar-refractivity contribution in [3.63, 3.8) is 0 Å². The molecule has 0 radical (unpaired) electrons. The SMILES string of the molecule is CN(Cc1nc(NN)ccc1Cl)C1CCCCC1. The number of anilines is 1. The molecule has 1 aromatic heterocycles. The molecule has 5 heteroatoms. The highest BCUT2D eigenvalue weighted by atomic mass is 35.5. The molecule has 1 saturated carbocycles. The summed E-state index contributed by atoms with van der Waals surface area (Å²) in [5.41, 5.74) is 3.45. The molecule has 1 aliphatic carbocycles. The van der Waals surface area contributed by atoms with Gasteiger partial charge in [0.15, 0.2) is 0 Å². The third-order valence-electron chi connectivity index (χ3n) is 3.66. The first-order chi connectivity index (χ1) is 8.70. The van der Waals surface area contributed by atoms with E-state index in [2.05, 4.69) is 22.4 Å². The number of nitrogens with two attached hydrogens (primary N) is 1. The van der Waals surface area contributed by atoms with Crippen molar-refractivity contribution in [3.8, 4) is 0 Å². The summed E-state index contributed by atoms with van der Waals surface area (Å²) in [4.78, 5) is 6.77. The molecule has 0 aromatic carbocycles. The summed E-state index contributed by atoms with van der Waals surface area (Å²) in [6.45, 7) is 0.777. The minimum Gasteiger partial charge on any atom is -0.308 e. The van der Waals surface area contributed by atoms with E-state index < -0.39 is 0 Å². The van der Waals surface area contributed by atoms with Crippen molar-refractivity contribution in [1.29, 1.82) is 0 Å². The Hall–Kier alpha value is -0.840. The van der Waals surface area contributed by atoms with Gasteiger partial charge in [0.25, 0.3) is 0 Å². The molecule has 1 aliphatic rings. The minimum absolute atomic E-state index is 0.658. The van der Waals surface area contributed by atoms with Crippen LogP contribution in [0.25, 0.3) is 0 Å². The van der Waals surface area contributed by atoms with Gasteiger partial charge in [-0.3, -0.25) is 4.90 Å². The molecule has 3 N–H and O–H groups in total. The van der Waals surface area contributed by atoms with E-state index in [1.54, 1.807) is 6.07 Å². The van der Waals surface area contributed by atoms with Crippen molar-refractivity contribution >= 4 is 17.4 Å². The van der Waals surface area contributed by atoms with Crippen molar-refractivity contribution in [1.82, 2.24) is 9.88 Å². The normalized spacial score (nSPS) is 17.1. The zero-order chi connectivity index (χ0) is 13.0. The highest BCUT2D eigenvalue weighted by Gasteiger charge is 2.19. The van der Waals surface area contributed by atoms with E-state index in [0.29, 0.717) is 16.9 Å². The number of hydrogen-bond acceptors (Lipinski definition) is 4. The van der Waals surface area contributed by atoms with Gasteiger partial charge in [0.1, 0.15) is 5.82 Å². The summed E-state index contributed by atoms with van der Waals surface area (Å²) in [7, 11) is 2.15. The minimum atomic E-state index is 0.658. The van der Waals surface area contributed by atoms with Gasteiger partial charge in [-0.15, -0.1) is 0 Å². The fourth-order valence-electron chi connectivity index (χ4n) is 2.56. The van der Waals surface area contributed by atoms with Crippen LogP contribution in [0.15, 0.2) is 12.1 Å². The zero-order valence-electron chi connectivity index (χ0n) is 10.8. The van der Waals surface area contributed by atoms with Crippen molar-refractivity contribution in [2.24, 2.45) is 5.84 Å². The lowest BCUT2D eigenvalue weighted by molar-refractivity contribution is 0.183. The monoisotopic (exact) mass is 268 g/mol. The van der Waals surface area contributed by atoms with Crippen molar-refractivity contribution in [2.75, 3.05) is 12.5 Å². The van der Waals surface area contributed by atoms with Crippen molar-refractivity contribution in [3.05, 3.63) is 22.8 Å². The van der Waals surface area contributed by atoms with Crippen LogP contribution in [0, 0.1) is 0 Å². The van der Waals surface area contributed by atoms with E-state index in [9.17, 15) is 0 Å². The van der Waals surface area contributed by atoms with Gasteiger partial charge < -0.3 is 5.43 Å². The summed E-state index contributed by atoms with van der Waals surface area (Å²) < 4.78 is 0. The highest BCUT2D eigenvalue weighted by Crippen LogP contribution is 2.24. The van der Waals surface area contributed by atoms with Crippen molar-refractivity contribution < 1.29 is 0 Å². The molecular formula is C13H21ClN4. The zero-order valence-corrected chi connectivity index (χ0v) is 11.6. The second kappa shape index (κ2) is 6.36. The van der Waals surface area contributed by atoms with Crippen LogP contribution >= 0.6 is 11.6 Å². The first-order valence-corrected chi connectivity index (χ1v) is 6.91. The molecule has 0 aliphatic heterocycles. The van der Waals surface area contributed by atoms with Crippen molar-refractivity contribution in [2.45, 2.75) is 44.7 Å². The lowest BCUT2D eigenvalue weighted by Crippen LogP contribution is -2.33. The molecule has 1 heterocycles. The van der Waals surface area contributed by atoms with Gasteiger partial charge in [0.2, 0.25) is 0 Å². The largest absolute Gasteiger partial charge is 0.308 e. The Bertz CT molecular complexity index is 391. The molecule has 0 atom stereocenters. The third kappa shape index (κ3) is 3.34. The number of rotatable bonds is 4. The van der Waals surface area contributed by atoms with E-state index in [4.69, 9.17) is 17.4 Å². The van der Waals surface area contributed by atoms with E-state index in [-0.39, 0.29) is 0 Å². The van der Waals surface area contributed by atoms with Gasteiger partial charge >= 0.3 is 0 Å². The number of hydrogen-bond donors (Lipinski definition) is 2. The first-order valence-electron chi connectivity index (χ1n) is 6.53. The Morgan fingerprint density at radius 1 is 1.39 bits per heavy atom. The van der Waals surface area contributed by atoms with Gasteiger partial charge in [0.05, 0.1) is 10.7 Å². The number of hydrazine groups is 1. The number of aromatic nitrogens is 1. The highest BCUT2D eigenvalue weighted by molar-refractivity contribution is 6.31. The molecule has 0 unspecified atom stereocenters. The maximum absolute atomic E-state index is 6.18. The van der Waals surface area contributed by atoms with Gasteiger partial charge in [-0.05, 0) is 32.0 Å². The van der Waals surface area contributed by atoms with E-state index >= 15 is 0 Å². The molecule has 0 bridgehead atoms. The van der Waals surface area contributed by atoms with Gasteiger partial charge in [-0.2, -0.15) is 0 Å². The molecule has 18 heavy (non-hydrogen) atoms. The fourth-order valence-corrected chi connectivity index (χ4v) is 2.73. The number of halogens is 1. The van der Waals surface area contributed by atoms with Gasteiger partial charge in [-0.25, -0.2) is 10.8 Å². The van der Waals surface area contributed by atoms with Crippen LogP contribution < -0.4 is 11.3 Å².